The van der Waals surface area contributed by atoms with Crippen molar-refractivity contribution in [2.45, 2.75) is 26.4 Å². The number of benzene rings is 1. The molecule has 23 heavy (non-hydrogen) atoms. The second-order valence-corrected chi connectivity index (χ2v) is 6.58. The van der Waals surface area contributed by atoms with E-state index in [0.717, 1.165) is 5.56 Å². The van der Waals surface area contributed by atoms with Gasteiger partial charge in [0.25, 0.3) is 5.91 Å². The molecule has 0 radical (unpaired) electrons. The van der Waals surface area contributed by atoms with Crippen molar-refractivity contribution >= 4 is 17.5 Å². The summed E-state index contributed by atoms with van der Waals surface area (Å²) in [6.45, 7) is 6.00. The molecule has 1 N–H and O–H groups in total. The van der Waals surface area contributed by atoms with Gasteiger partial charge in [0.05, 0.1) is 16.2 Å². The highest BCUT2D eigenvalue weighted by molar-refractivity contribution is 6.33. The van der Waals surface area contributed by atoms with Crippen LogP contribution in [-0.4, -0.2) is 44.4 Å². The van der Waals surface area contributed by atoms with Crippen LogP contribution in [0.3, 0.4) is 0 Å². The molecule has 0 saturated heterocycles. The third-order valence-corrected chi connectivity index (χ3v) is 3.76. The van der Waals surface area contributed by atoms with E-state index in [1.807, 2.05) is 25.1 Å². The summed E-state index contributed by atoms with van der Waals surface area (Å²) in [5.41, 5.74) is 0.791. The first-order chi connectivity index (χ1) is 10.7. The third-order valence-electron chi connectivity index (χ3n) is 3.43. The first-order valence-corrected chi connectivity index (χ1v) is 7.91. The fourth-order valence-corrected chi connectivity index (χ4v) is 2.69. The Labute approximate surface area is 141 Å². The maximum absolute atomic E-state index is 12.9. The van der Waals surface area contributed by atoms with E-state index in [2.05, 4.69) is 5.10 Å². The summed E-state index contributed by atoms with van der Waals surface area (Å²) in [4.78, 5) is 14.5. The average molecular weight is 336 g/mol. The summed E-state index contributed by atoms with van der Waals surface area (Å²) in [6.07, 6.45) is 1.69. The molecule has 2 aromatic rings. The minimum Gasteiger partial charge on any atom is -0.389 e. The van der Waals surface area contributed by atoms with Crippen LogP contribution in [0, 0.1) is 0 Å². The van der Waals surface area contributed by atoms with Gasteiger partial charge in [-0.1, -0.05) is 29.8 Å². The maximum Gasteiger partial charge on any atom is 0.257 e. The summed E-state index contributed by atoms with van der Waals surface area (Å²) >= 11 is 6.25. The van der Waals surface area contributed by atoms with Crippen LogP contribution >= 0.6 is 11.6 Å². The second-order valence-electron chi connectivity index (χ2n) is 6.18. The molecule has 0 bridgehead atoms. The van der Waals surface area contributed by atoms with Gasteiger partial charge in [-0.3, -0.25) is 9.48 Å². The van der Waals surface area contributed by atoms with Crippen molar-refractivity contribution in [3.8, 4) is 11.3 Å². The molecule has 6 heteroatoms. The predicted octanol–water partition coefficient (Wildman–Crippen LogP) is 2.97. The number of halogens is 1. The average Bonchev–Trinajstić information content (AvgIpc) is 2.85. The van der Waals surface area contributed by atoms with Gasteiger partial charge in [-0.25, -0.2) is 0 Å². The summed E-state index contributed by atoms with van der Waals surface area (Å²) < 4.78 is 1.60. The van der Waals surface area contributed by atoms with Gasteiger partial charge in [-0.05, 0) is 26.8 Å². The number of amides is 1. The van der Waals surface area contributed by atoms with Gasteiger partial charge in [0.15, 0.2) is 0 Å². The molecule has 0 spiro atoms. The Morgan fingerprint density at radius 2 is 2.04 bits per heavy atom. The summed E-state index contributed by atoms with van der Waals surface area (Å²) in [5, 5.41) is 15.0. The van der Waals surface area contributed by atoms with Crippen LogP contribution in [0.25, 0.3) is 11.3 Å². The second kappa shape index (κ2) is 6.72. The lowest BCUT2D eigenvalue weighted by Crippen LogP contribution is -2.42. The molecular formula is C17H22ClN3O2. The number of rotatable bonds is 5. The SMILES string of the molecule is CCN(CC(C)(C)O)C(=O)c1cn(C)nc1-c1ccccc1Cl. The van der Waals surface area contributed by atoms with Crippen LogP contribution in [0.2, 0.25) is 5.02 Å². The van der Waals surface area contributed by atoms with Gasteiger partial charge in [0, 0.05) is 31.9 Å². The number of carbonyl (C=O) groups is 1. The predicted molar refractivity (Wildman–Crippen MR) is 91.5 cm³/mol. The van der Waals surface area contributed by atoms with Crippen molar-refractivity contribution in [1.82, 2.24) is 14.7 Å². The van der Waals surface area contributed by atoms with E-state index in [1.165, 1.54) is 0 Å². The minimum absolute atomic E-state index is 0.169. The molecule has 1 aromatic heterocycles. The summed E-state index contributed by atoms with van der Waals surface area (Å²) in [7, 11) is 1.77. The van der Waals surface area contributed by atoms with Crippen molar-refractivity contribution in [3.63, 3.8) is 0 Å². The quantitative estimate of drug-likeness (QED) is 0.913. The van der Waals surface area contributed by atoms with Gasteiger partial charge in [-0.2, -0.15) is 5.10 Å². The van der Waals surface area contributed by atoms with Crippen molar-refractivity contribution in [3.05, 3.63) is 41.0 Å². The standard InChI is InChI=1S/C17H22ClN3O2/c1-5-21(11-17(2,3)23)16(22)13-10-20(4)19-15(13)12-8-6-7-9-14(12)18/h6-10,23H,5,11H2,1-4H3. The largest absolute Gasteiger partial charge is 0.389 e. The number of aromatic nitrogens is 2. The molecule has 0 atom stereocenters. The number of nitrogens with zero attached hydrogens (tertiary/aromatic N) is 3. The Balaban J connectivity index is 2.44. The van der Waals surface area contributed by atoms with Crippen LogP contribution in [-0.2, 0) is 7.05 Å². The molecule has 5 nitrogen and oxygen atoms in total. The van der Waals surface area contributed by atoms with Crippen LogP contribution in [0.15, 0.2) is 30.5 Å². The third kappa shape index (κ3) is 4.12. The van der Waals surface area contributed by atoms with Crippen molar-refractivity contribution in [1.29, 1.82) is 0 Å². The molecule has 0 unspecified atom stereocenters. The van der Waals surface area contributed by atoms with Gasteiger partial charge in [0.1, 0.15) is 5.69 Å². The molecule has 1 heterocycles. The first-order valence-electron chi connectivity index (χ1n) is 7.53. The molecule has 0 fully saturated rings. The molecule has 0 aliphatic rings. The van der Waals surface area contributed by atoms with Crippen LogP contribution < -0.4 is 0 Å². The van der Waals surface area contributed by atoms with Gasteiger partial charge < -0.3 is 10.0 Å². The maximum atomic E-state index is 12.9. The molecule has 0 aliphatic carbocycles. The number of hydrogen-bond donors (Lipinski definition) is 1. The summed E-state index contributed by atoms with van der Waals surface area (Å²) in [5.74, 6) is -0.169. The van der Waals surface area contributed by atoms with Crippen LogP contribution in [0.5, 0.6) is 0 Å². The van der Waals surface area contributed by atoms with Crippen LogP contribution in [0.4, 0.5) is 0 Å². The molecule has 0 saturated carbocycles. The Hall–Kier alpha value is -1.85. The Bertz CT molecular complexity index is 704. The van der Waals surface area contributed by atoms with Crippen molar-refractivity contribution in [2.24, 2.45) is 7.05 Å². The zero-order valence-electron chi connectivity index (χ0n) is 13.9. The number of carbonyl (C=O) groups excluding carboxylic acids is 1. The van der Waals surface area contributed by atoms with Gasteiger partial charge in [-0.15, -0.1) is 0 Å². The van der Waals surface area contributed by atoms with Crippen molar-refractivity contribution in [2.75, 3.05) is 13.1 Å². The zero-order chi connectivity index (χ0) is 17.2. The topological polar surface area (TPSA) is 58.4 Å². The van der Waals surface area contributed by atoms with E-state index >= 15 is 0 Å². The van der Waals surface area contributed by atoms with E-state index in [1.54, 1.807) is 42.7 Å². The van der Waals surface area contributed by atoms with E-state index in [0.29, 0.717) is 22.8 Å². The smallest absolute Gasteiger partial charge is 0.257 e. The highest BCUT2D eigenvalue weighted by atomic mass is 35.5. The minimum atomic E-state index is -0.960. The van der Waals surface area contributed by atoms with E-state index < -0.39 is 5.60 Å². The lowest BCUT2D eigenvalue weighted by Gasteiger charge is -2.28. The molecular weight excluding hydrogens is 314 g/mol. The van der Waals surface area contributed by atoms with E-state index in [4.69, 9.17) is 11.6 Å². The molecule has 1 aromatic carbocycles. The fraction of sp³-hybridized carbons (Fsp3) is 0.412. The summed E-state index contributed by atoms with van der Waals surface area (Å²) in [6, 6.07) is 7.31. The van der Waals surface area contributed by atoms with Gasteiger partial charge in [0.2, 0.25) is 0 Å². The Morgan fingerprint density at radius 3 is 2.61 bits per heavy atom. The molecule has 124 valence electrons. The molecule has 2 rings (SSSR count). The van der Waals surface area contributed by atoms with Crippen LogP contribution in [0.1, 0.15) is 31.1 Å². The van der Waals surface area contributed by atoms with Gasteiger partial charge >= 0.3 is 0 Å². The number of likely N-dealkylation sites (N-methyl/N-ethyl adjacent to an activating group) is 1. The zero-order valence-corrected chi connectivity index (χ0v) is 14.6. The van der Waals surface area contributed by atoms with Crippen molar-refractivity contribution < 1.29 is 9.90 Å². The number of aliphatic hydroxyl groups is 1. The Morgan fingerprint density at radius 1 is 1.39 bits per heavy atom. The number of aryl methyl sites for hydroxylation is 1. The molecule has 0 aliphatic heterocycles. The lowest BCUT2D eigenvalue weighted by molar-refractivity contribution is 0.0315. The highest BCUT2D eigenvalue weighted by Gasteiger charge is 2.26. The molecule has 1 amide bonds. The first kappa shape index (κ1) is 17.5. The van der Waals surface area contributed by atoms with E-state index in [9.17, 15) is 9.90 Å². The Kier molecular flexibility index (Phi) is 5.12. The van der Waals surface area contributed by atoms with E-state index in [-0.39, 0.29) is 12.5 Å². The highest BCUT2D eigenvalue weighted by Crippen LogP contribution is 2.29. The number of hydrogen-bond acceptors (Lipinski definition) is 3. The monoisotopic (exact) mass is 335 g/mol. The fourth-order valence-electron chi connectivity index (χ4n) is 2.46. The normalized spacial score (nSPS) is 11.6. The lowest BCUT2D eigenvalue weighted by atomic mass is 10.1.